The van der Waals surface area contributed by atoms with Gasteiger partial charge in [-0.25, -0.2) is 0 Å². The topological polar surface area (TPSA) is 29.1 Å². The number of aryl methyl sites for hydroxylation is 3. The molecule has 0 radical (unpaired) electrons. The van der Waals surface area contributed by atoms with E-state index < -0.39 is 0 Å². The minimum Gasteiger partial charge on any atom is -0.355 e. The van der Waals surface area contributed by atoms with Gasteiger partial charge in [-0.1, -0.05) is 84.4 Å². The average Bonchev–Trinajstić information content (AvgIpc) is 2.72. The van der Waals surface area contributed by atoms with Crippen molar-refractivity contribution >= 4 is 5.91 Å². The van der Waals surface area contributed by atoms with Gasteiger partial charge in [0.1, 0.15) is 0 Å². The van der Waals surface area contributed by atoms with Gasteiger partial charge >= 0.3 is 0 Å². The van der Waals surface area contributed by atoms with E-state index in [1.54, 1.807) is 0 Å². The molecule has 0 aliphatic rings. The highest BCUT2D eigenvalue weighted by molar-refractivity contribution is 5.76. The Balaban J connectivity index is 1.69. The fourth-order valence-electron chi connectivity index (χ4n) is 3.72. The van der Waals surface area contributed by atoms with Crippen molar-refractivity contribution in [3.8, 4) is 0 Å². The molecule has 1 N–H and O–H groups in total. The second kappa shape index (κ2) is 8.88. The zero-order valence-corrected chi connectivity index (χ0v) is 17.0. The largest absolute Gasteiger partial charge is 0.355 e. The first-order valence-corrected chi connectivity index (χ1v) is 9.93. The van der Waals surface area contributed by atoms with Crippen LogP contribution in [0.5, 0.6) is 0 Å². The number of benzene rings is 3. The average molecular weight is 372 g/mol. The van der Waals surface area contributed by atoms with Gasteiger partial charge in [0.05, 0.1) is 0 Å². The zero-order chi connectivity index (χ0) is 20.0. The molecule has 2 nitrogen and oxygen atoms in total. The summed E-state index contributed by atoms with van der Waals surface area (Å²) in [6.45, 7) is 6.98. The Labute approximate surface area is 168 Å². The van der Waals surface area contributed by atoms with Crippen molar-refractivity contribution < 1.29 is 4.79 Å². The van der Waals surface area contributed by atoms with Crippen molar-refractivity contribution in [2.75, 3.05) is 6.54 Å². The lowest BCUT2D eigenvalue weighted by atomic mass is 9.76. The SMILES string of the molecule is Cc1ccc(CCC(=O)NCC(C)(c2ccccc2)c2ccccc2)c(C)c1. The van der Waals surface area contributed by atoms with Crippen LogP contribution < -0.4 is 5.32 Å². The molecule has 2 heteroatoms. The monoisotopic (exact) mass is 371 g/mol. The molecule has 0 aromatic heterocycles. The van der Waals surface area contributed by atoms with Crippen LogP contribution in [-0.4, -0.2) is 12.5 Å². The molecule has 0 saturated heterocycles. The van der Waals surface area contributed by atoms with Crippen molar-refractivity contribution in [3.05, 3.63) is 107 Å². The molecule has 0 atom stereocenters. The summed E-state index contributed by atoms with van der Waals surface area (Å²) in [7, 11) is 0. The molecule has 3 aromatic carbocycles. The molecule has 0 heterocycles. The van der Waals surface area contributed by atoms with Crippen molar-refractivity contribution in [2.45, 2.75) is 39.0 Å². The minimum absolute atomic E-state index is 0.0954. The first kappa shape index (κ1) is 19.9. The predicted molar refractivity (Wildman–Crippen MR) is 117 cm³/mol. The lowest BCUT2D eigenvalue weighted by Crippen LogP contribution is -2.39. The molecule has 0 aliphatic carbocycles. The van der Waals surface area contributed by atoms with E-state index in [2.05, 4.69) is 92.8 Å². The van der Waals surface area contributed by atoms with E-state index in [0.29, 0.717) is 13.0 Å². The van der Waals surface area contributed by atoms with Crippen LogP contribution in [0.3, 0.4) is 0 Å². The highest BCUT2D eigenvalue weighted by atomic mass is 16.1. The molecule has 0 spiro atoms. The maximum Gasteiger partial charge on any atom is 0.220 e. The molecule has 0 fully saturated rings. The predicted octanol–water partition coefficient (Wildman–Crippen LogP) is 5.36. The number of carbonyl (C=O) groups is 1. The van der Waals surface area contributed by atoms with Crippen LogP contribution in [0.4, 0.5) is 0 Å². The summed E-state index contributed by atoms with van der Waals surface area (Å²) in [5.74, 6) is 0.0954. The lowest BCUT2D eigenvalue weighted by Gasteiger charge is -2.31. The summed E-state index contributed by atoms with van der Waals surface area (Å²) in [6.07, 6.45) is 1.27. The van der Waals surface area contributed by atoms with Crippen molar-refractivity contribution in [2.24, 2.45) is 0 Å². The molecular weight excluding hydrogens is 342 g/mol. The van der Waals surface area contributed by atoms with Crippen LogP contribution >= 0.6 is 0 Å². The molecule has 28 heavy (non-hydrogen) atoms. The Morgan fingerprint density at radius 2 is 1.43 bits per heavy atom. The second-order valence-corrected chi connectivity index (χ2v) is 7.77. The van der Waals surface area contributed by atoms with Gasteiger partial charge in [-0.2, -0.15) is 0 Å². The molecule has 1 amide bonds. The summed E-state index contributed by atoms with van der Waals surface area (Å²) in [5, 5.41) is 3.18. The number of amides is 1. The summed E-state index contributed by atoms with van der Waals surface area (Å²) in [6, 6.07) is 27.2. The van der Waals surface area contributed by atoms with E-state index in [4.69, 9.17) is 0 Å². The zero-order valence-electron chi connectivity index (χ0n) is 17.0. The van der Waals surface area contributed by atoms with Crippen molar-refractivity contribution in [3.63, 3.8) is 0 Å². The quantitative estimate of drug-likeness (QED) is 0.595. The summed E-state index contributed by atoms with van der Waals surface area (Å²) in [5.41, 5.74) is 5.90. The van der Waals surface area contributed by atoms with E-state index in [0.717, 1.165) is 6.42 Å². The van der Waals surface area contributed by atoms with Crippen molar-refractivity contribution in [1.29, 1.82) is 0 Å². The summed E-state index contributed by atoms with van der Waals surface area (Å²) >= 11 is 0. The Hall–Kier alpha value is -2.87. The van der Waals surface area contributed by atoms with Crippen LogP contribution in [-0.2, 0) is 16.6 Å². The number of carbonyl (C=O) groups excluding carboxylic acids is 1. The Kier molecular flexibility index (Phi) is 6.30. The van der Waals surface area contributed by atoms with Crippen LogP contribution in [0.2, 0.25) is 0 Å². The molecule has 144 valence electrons. The molecular formula is C26H29NO. The van der Waals surface area contributed by atoms with Gasteiger partial charge in [0.25, 0.3) is 0 Å². The Morgan fingerprint density at radius 1 is 0.857 bits per heavy atom. The standard InChI is InChI=1S/C26H29NO/c1-20-14-15-22(21(2)18-20)16-17-25(28)27-19-26(3,23-10-6-4-7-11-23)24-12-8-5-9-13-24/h4-15,18H,16-17,19H2,1-3H3,(H,27,28). The second-order valence-electron chi connectivity index (χ2n) is 7.77. The van der Waals surface area contributed by atoms with Gasteiger partial charge in [0, 0.05) is 18.4 Å². The molecule has 3 aromatic rings. The van der Waals surface area contributed by atoms with Gasteiger partial charge in [0.2, 0.25) is 5.91 Å². The van der Waals surface area contributed by atoms with Crippen LogP contribution in [0.25, 0.3) is 0 Å². The normalized spacial score (nSPS) is 11.2. The van der Waals surface area contributed by atoms with E-state index in [1.807, 2.05) is 12.1 Å². The van der Waals surface area contributed by atoms with Crippen LogP contribution in [0, 0.1) is 13.8 Å². The van der Waals surface area contributed by atoms with Gasteiger partial charge < -0.3 is 5.32 Å². The van der Waals surface area contributed by atoms with Crippen molar-refractivity contribution in [1.82, 2.24) is 5.32 Å². The van der Waals surface area contributed by atoms with Crippen LogP contribution in [0.15, 0.2) is 78.9 Å². The van der Waals surface area contributed by atoms with Gasteiger partial charge in [0.15, 0.2) is 0 Å². The third-order valence-corrected chi connectivity index (χ3v) is 5.58. The maximum absolute atomic E-state index is 12.6. The maximum atomic E-state index is 12.6. The number of hydrogen-bond acceptors (Lipinski definition) is 1. The minimum atomic E-state index is -0.266. The molecule has 0 saturated carbocycles. The summed E-state index contributed by atoms with van der Waals surface area (Å²) < 4.78 is 0. The Morgan fingerprint density at radius 3 is 1.96 bits per heavy atom. The first-order chi connectivity index (χ1) is 13.5. The first-order valence-electron chi connectivity index (χ1n) is 9.93. The molecule has 0 unspecified atom stereocenters. The number of hydrogen-bond donors (Lipinski definition) is 1. The molecule has 0 aliphatic heterocycles. The van der Waals surface area contributed by atoms with E-state index >= 15 is 0 Å². The van der Waals surface area contributed by atoms with Gasteiger partial charge in [-0.15, -0.1) is 0 Å². The molecule has 3 rings (SSSR count). The smallest absolute Gasteiger partial charge is 0.220 e. The van der Waals surface area contributed by atoms with Crippen LogP contribution in [0.1, 0.15) is 41.2 Å². The van der Waals surface area contributed by atoms with E-state index in [9.17, 15) is 4.79 Å². The third kappa shape index (κ3) is 4.69. The van der Waals surface area contributed by atoms with Gasteiger partial charge in [-0.05, 0) is 49.4 Å². The highest BCUT2D eigenvalue weighted by Crippen LogP contribution is 2.31. The fourth-order valence-corrected chi connectivity index (χ4v) is 3.72. The third-order valence-electron chi connectivity index (χ3n) is 5.58. The number of rotatable bonds is 7. The van der Waals surface area contributed by atoms with Gasteiger partial charge in [-0.3, -0.25) is 4.79 Å². The molecule has 0 bridgehead atoms. The Bertz CT molecular complexity index is 876. The lowest BCUT2D eigenvalue weighted by molar-refractivity contribution is -0.121. The number of nitrogens with one attached hydrogen (secondary N) is 1. The fraction of sp³-hybridized carbons (Fsp3) is 0.269. The summed E-state index contributed by atoms with van der Waals surface area (Å²) in [4.78, 5) is 12.6. The van der Waals surface area contributed by atoms with E-state index in [-0.39, 0.29) is 11.3 Å². The van der Waals surface area contributed by atoms with E-state index in [1.165, 1.54) is 27.8 Å². The highest BCUT2D eigenvalue weighted by Gasteiger charge is 2.29.